The Bertz CT molecular complexity index is 1170. The molecule has 2 aromatic carbocycles. The highest BCUT2D eigenvalue weighted by Crippen LogP contribution is 2.28. The van der Waals surface area contributed by atoms with Crippen molar-refractivity contribution in [3.8, 4) is 11.5 Å². The van der Waals surface area contributed by atoms with Gasteiger partial charge < -0.3 is 25.4 Å². The number of piperidine rings is 1. The summed E-state index contributed by atoms with van der Waals surface area (Å²) in [5.74, 6) is -2.28. The molecule has 0 spiro atoms. The number of nitrogen functional groups attached to an aromatic ring is 1. The number of nitrogens with two attached hydrogens (primary N) is 1. The summed E-state index contributed by atoms with van der Waals surface area (Å²) in [6.07, 6.45) is -0.882. The largest absolute Gasteiger partial charge is 0.457 e. The Morgan fingerprint density at radius 1 is 1.06 bits per heavy atom. The van der Waals surface area contributed by atoms with Crippen molar-refractivity contribution in [3.63, 3.8) is 0 Å². The van der Waals surface area contributed by atoms with Crippen molar-refractivity contribution in [3.05, 3.63) is 60.4 Å². The number of hydrogen-bond acceptors (Lipinski definition) is 8. The summed E-state index contributed by atoms with van der Waals surface area (Å²) >= 11 is 0. The van der Waals surface area contributed by atoms with Gasteiger partial charge in [-0.25, -0.2) is 8.78 Å². The third-order valence-corrected chi connectivity index (χ3v) is 4.76. The Kier molecular flexibility index (Phi) is 5.74. The average molecular weight is 457 g/mol. The molecule has 1 fully saturated rings. The zero-order valence-corrected chi connectivity index (χ0v) is 17.5. The van der Waals surface area contributed by atoms with Crippen molar-refractivity contribution in [2.45, 2.75) is 25.3 Å². The van der Waals surface area contributed by atoms with Crippen LogP contribution in [0.15, 0.2) is 54.6 Å². The highest BCUT2D eigenvalue weighted by molar-refractivity contribution is 5.70. The van der Waals surface area contributed by atoms with Crippen LogP contribution in [0, 0.1) is 5.41 Å². The van der Waals surface area contributed by atoms with Crippen LogP contribution in [-0.2, 0) is 11.3 Å². The zero-order valence-electron chi connectivity index (χ0n) is 19.5. The number of para-hydroxylation sites is 1. The molecule has 0 bridgehead atoms. The van der Waals surface area contributed by atoms with E-state index in [1.165, 1.54) is 4.90 Å². The quantitative estimate of drug-likeness (QED) is 0.372. The van der Waals surface area contributed by atoms with Crippen LogP contribution in [0.2, 0.25) is 0 Å². The number of amidine groups is 1. The molecule has 3 aromatic rings. The van der Waals surface area contributed by atoms with Crippen LogP contribution in [0.4, 0.5) is 26.4 Å². The minimum atomic E-state index is -2.80. The van der Waals surface area contributed by atoms with Gasteiger partial charge >= 0.3 is 0 Å². The van der Waals surface area contributed by atoms with Gasteiger partial charge in [-0.3, -0.25) is 5.41 Å². The normalized spacial score (nSPS) is 16.4. The molecular formula is C22H23F2N7O2. The SMILES string of the molecule is [2H]C([2H])(OC(=N)N1CCC(F)(F)CC1)c1nc(N)nc(Nc2ccc(Oc3ccccc3)cc2)n1. The van der Waals surface area contributed by atoms with Crippen LogP contribution >= 0.6 is 0 Å². The second-order valence-electron chi connectivity index (χ2n) is 7.26. The second kappa shape index (κ2) is 9.63. The Labute approximate surface area is 191 Å². The molecule has 4 N–H and O–H groups in total. The van der Waals surface area contributed by atoms with E-state index >= 15 is 0 Å². The molecule has 0 radical (unpaired) electrons. The van der Waals surface area contributed by atoms with Crippen LogP contribution in [-0.4, -0.2) is 44.9 Å². The number of rotatable bonds is 6. The summed E-state index contributed by atoms with van der Waals surface area (Å²) in [7, 11) is 0. The predicted octanol–water partition coefficient (Wildman–Crippen LogP) is 4.17. The van der Waals surface area contributed by atoms with Gasteiger partial charge in [-0.2, -0.15) is 15.0 Å². The van der Waals surface area contributed by atoms with Crippen LogP contribution in [0.5, 0.6) is 11.5 Å². The molecule has 1 saturated heterocycles. The van der Waals surface area contributed by atoms with Crippen molar-refractivity contribution >= 4 is 23.6 Å². The maximum Gasteiger partial charge on any atom is 0.284 e. The summed E-state index contributed by atoms with van der Waals surface area (Å²) in [4.78, 5) is 13.0. The Morgan fingerprint density at radius 3 is 2.42 bits per heavy atom. The van der Waals surface area contributed by atoms with Crippen molar-refractivity contribution in [1.29, 1.82) is 5.41 Å². The minimum Gasteiger partial charge on any atom is -0.457 e. The molecular weight excluding hydrogens is 432 g/mol. The number of nitrogens with zero attached hydrogens (tertiary/aromatic N) is 4. The number of likely N-dealkylation sites (tertiary alicyclic amines) is 1. The number of ether oxygens (including phenoxy) is 2. The Balaban J connectivity index is 1.42. The molecule has 2 heterocycles. The van der Waals surface area contributed by atoms with E-state index in [1.54, 1.807) is 24.3 Å². The average Bonchev–Trinajstić information content (AvgIpc) is 2.80. The van der Waals surface area contributed by atoms with E-state index in [-0.39, 0.29) is 25.0 Å². The first-order valence-corrected chi connectivity index (χ1v) is 10.1. The number of halogens is 2. The first-order valence-electron chi connectivity index (χ1n) is 11.1. The molecule has 0 atom stereocenters. The molecule has 1 aliphatic rings. The second-order valence-corrected chi connectivity index (χ2v) is 7.26. The highest BCUT2D eigenvalue weighted by Gasteiger charge is 2.35. The standard InChI is InChI=1S/C22H23F2N7O2/c23-22(24)10-12-31(13-11-22)20(26)32-14-18-28-19(25)30-21(29-18)27-15-6-8-17(9-7-15)33-16-4-2-1-3-5-16/h1-9,26H,10-14H2,(H3,25,27,28,29,30)/i14D2. The summed E-state index contributed by atoms with van der Waals surface area (Å²) in [5.41, 5.74) is 6.31. The first-order chi connectivity index (χ1) is 16.6. The number of alkyl halides is 2. The van der Waals surface area contributed by atoms with Gasteiger partial charge in [0.1, 0.15) is 11.5 Å². The fourth-order valence-corrected chi connectivity index (χ4v) is 3.05. The van der Waals surface area contributed by atoms with Gasteiger partial charge in [0.15, 0.2) is 12.4 Å². The third kappa shape index (κ3) is 6.25. The van der Waals surface area contributed by atoms with Gasteiger partial charge in [0, 0.05) is 31.6 Å². The van der Waals surface area contributed by atoms with Gasteiger partial charge in [-0.1, -0.05) is 18.2 Å². The monoisotopic (exact) mass is 457 g/mol. The van der Waals surface area contributed by atoms with E-state index in [0.717, 1.165) is 0 Å². The lowest BCUT2D eigenvalue weighted by Gasteiger charge is -2.32. The summed E-state index contributed by atoms with van der Waals surface area (Å²) < 4.78 is 53.9. The number of hydrogen-bond donors (Lipinski definition) is 3. The summed E-state index contributed by atoms with van der Waals surface area (Å²) in [6.45, 7) is -2.91. The van der Waals surface area contributed by atoms with E-state index in [0.29, 0.717) is 17.2 Å². The van der Waals surface area contributed by atoms with E-state index in [9.17, 15) is 8.78 Å². The predicted molar refractivity (Wildman–Crippen MR) is 119 cm³/mol. The van der Waals surface area contributed by atoms with Crippen molar-refractivity contribution in [1.82, 2.24) is 19.9 Å². The van der Waals surface area contributed by atoms with Crippen molar-refractivity contribution in [2.24, 2.45) is 0 Å². The van der Waals surface area contributed by atoms with Gasteiger partial charge in [0.2, 0.25) is 11.9 Å². The van der Waals surface area contributed by atoms with Gasteiger partial charge in [0.05, 0.1) is 2.74 Å². The number of anilines is 3. The van der Waals surface area contributed by atoms with E-state index in [4.69, 9.17) is 23.4 Å². The number of benzene rings is 2. The van der Waals surface area contributed by atoms with E-state index in [1.807, 2.05) is 30.3 Å². The first kappa shape index (κ1) is 19.6. The van der Waals surface area contributed by atoms with Gasteiger partial charge in [0.25, 0.3) is 11.9 Å². The zero-order chi connectivity index (χ0) is 25.1. The van der Waals surface area contributed by atoms with Crippen LogP contribution in [0.1, 0.15) is 21.4 Å². The maximum absolute atomic E-state index is 13.4. The molecule has 172 valence electrons. The molecule has 0 aliphatic carbocycles. The molecule has 0 saturated carbocycles. The fourth-order valence-electron chi connectivity index (χ4n) is 3.05. The van der Waals surface area contributed by atoms with Gasteiger partial charge in [-0.05, 0) is 36.4 Å². The van der Waals surface area contributed by atoms with Crippen LogP contribution < -0.4 is 15.8 Å². The van der Waals surface area contributed by atoms with Crippen molar-refractivity contribution < 1.29 is 21.0 Å². The molecule has 1 aliphatic heterocycles. The fraction of sp³-hybridized carbons (Fsp3) is 0.273. The van der Waals surface area contributed by atoms with Gasteiger partial charge in [-0.15, -0.1) is 0 Å². The molecule has 4 rings (SSSR count). The van der Waals surface area contributed by atoms with Crippen LogP contribution in [0.25, 0.3) is 0 Å². The highest BCUT2D eigenvalue weighted by atomic mass is 19.3. The molecule has 11 heteroatoms. The van der Waals surface area contributed by atoms with Crippen LogP contribution in [0.3, 0.4) is 0 Å². The smallest absolute Gasteiger partial charge is 0.284 e. The van der Waals surface area contributed by atoms with E-state index in [2.05, 4.69) is 20.3 Å². The molecule has 0 amide bonds. The molecule has 9 nitrogen and oxygen atoms in total. The molecule has 33 heavy (non-hydrogen) atoms. The maximum atomic E-state index is 13.4. The number of nitrogens with one attached hydrogen (secondary N) is 2. The molecule has 1 aromatic heterocycles. The Hall–Kier alpha value is -4.02. The third-order valence-electron chi connectivity index (χ3n) is 4.76. The number of aromatic nitrogens is 3. The minimum absolute atomic E-state index is 0.0409. The molecule has 0 unspecified atom stereocenters. The summed E-state index contributed by atoms with van der Waals surface area (Å²) in [6, 6.07) is 15.6. The topological polar surface area (TPSA) is 122 Å². The van der Waals surface area contributed by atoms with E-state index < -0.39 is 37.2 Å². The van der Waals surface area contributed by atoms with Crippen molar-refractivity contribution in [2.75, 3.05) is 24.1 Å². The summed E-state index contributed by atoms with van der Waals surface area (Å²) in [5, 5.41) is 10.9. The lowest BCUT2D eigenvalue weighted by atomic mass is 10.1. The Morgan fingerprint density at radius 2 is 1.73 bits per heavy atom. The lowest BCUT2D eigenvalue weighted by molar-refractivity contribution is -0.0472. The lowest BCUT2D eigenvalue weighted by Crippen LogP contribution is -2.43.